The molecule has 5 heteroatoms. The predicted octanol–water partition coefficient (Wildman–Crippen LogP) is 5.75. The van der Waals surface area contributed by atoms with Crippen LogP contribution in [0.4, 0.5) is 11.4 Å². The van der Waals surface area contributed by atoms with E-state index in [1.54, 1.807) is 6.20 Å². The molecule has 3 aromatic carbocycles. The summed E-state index contributed by atoms with van der Waals surface area (Å²) in [4.78, 5) is 32.2. The molecule has 0 bridgehead atoms. The number of hydrogen-bond donors (Lipinski definition) is 1. The monoisotopic (exact) mass is 461 g/mol. The average Bonchev–Trinajstić information content (AvgIpc) is 3.28. The standard InChI is InChI=1S/C30H27N3O2/c1-20-6-9-22(10-7-20)27-17-21(2)8-12-26(27)30(35)32-25-11-13-28-23(18-25)14-16-33(28)29(34)19-24-5-3-4-15-31-24/h3-13,15,17-18H,14,16,19H2,1-2H3,(H,32,35). The van der Waals surface area contributed by atoms with E-state index in [1.165, 1.54) is 5.56 Å². The number of carbonyl (C=O) groups excluding carboxylic acids is 2. The predicted molar refractivity (Wildman–Crippen MR) is 140 cm³/mol. The molecule has 0 atom stereocenters. The summed E-state index contributed by atoms with van der Waals surface area (Å²) in [6, 6.07) is 25.5. The van der Waals surface area contributed by atoms with Gasteiger partial charge in [-0.3, -0.25) is 14.6 Å². The number of aryl methyl sites for hydroxylation is 2. The molecule has 35 heavy (non-hydrogen) atoms. The van der Waals surface area contributed by atoms with Gasteiger partial charge in [-0.25, -0.2) is 0 Å². The lowest BCUT2D eigenvalue weighted by Crippen LogP contribution is -2.30. The maximum Gasteiger partial charge on any atom is 0.256 e. The molecule has 0 unspecified atom stereocenters. The maximum absolute atomic E-state index is 13.3. The summed E-state index contributed by atoms with van der Waals surface area (Å²) in [7, 11) is 0. The van der Waals surface area contributed by atoms with Crippen LogP contribution in [0.2, 0.25) is 0 Å². The number of carbonyl (C=O) groups is 2. The molecule has 2 heterocycles. The summed E-state index contributed by atoms with van der Waals surface area (Å²) in [5.41, 5.74) is 8.28. The SMILES string of the molecule is Cc1ccc(-c2cc(C)ccc2C(=O)Nc2ccc3c(c2)CCN3C(=O)Cc2ccccn2)cc1. The molecule has 0 radical (unpaired) electrons. The van der Waals surface area contributed by atoms with Gasteiger partial charge < -0.3 is 10.2 Å². The fraction of sp³-hybridized carbons (Fsp3) is 0.167. The maximum atomic E-state index is 13.3. The van der Waals surface area contributed by atoms with Crippen LogP contribution >= 0.6 is 0 Å². The Labute approximate surface area is 205 Å². The molecular weight excluding hydrogens is 434 g/mol. The summed E-state index contributed by atoms with van der Waals surface area (Å²) in [6.07, 6.45) is 2.73. The minimum Gasteiger partial charge on any atom is -0.322 e. The van der Waals surface area contributed by atoms with Gasteiger partial charge >= 0.3 is 0 Å². The number of fused-ring (bicyclic) bond motifs is 1. The normalized spacial score (nSPS) is 12.3. The van der Waals surface area contributed by atoms with Gasteiger partial charge in [0.2, 0.25) is 5.91 Å². The van der Waals surface area contributed by atoms with Gasteiger partial charge in [0, 0.05) is 35.4 Å². The third-order valence-electron chi connectivity index (χ3n) is 6.37. The smallest absolute Gasteiger partial charge is 0.256 e. The molecule has 2 amide bonds. The molecule has 1 aliphatic rings. The van der Waals surface area contributed by atoms with Gasteiger partial charge in [0.1, 0.15) is 0 Å². The van der Waals surface area contributed by atoms with E-state index in [1.807, 2.05) is 78.6 Å². The molecule has 1 aliphatic heterocycles. The molecule has 5 nitrogen and oxygen atoms in total. The Morgan fingerprint density at radius 3 is 2.49 bits per heavy atom. The van der Waals surface area contributed by atoms with E-state index >= 15 is 0 Å². The second-order valence-electron chi connectivity index (χ2n) is 9.01. The Morgan fingerprint density at radius 1 is 0.914 bits per heavy atom. The highest BCUT2D eigenvalue weighted by atomic mass is 16.2. The summed E-state index contributed by atoms with van der Waals surface area (Å²) < 4.78 is 0. The number of rotatable bonds is 5. The van der Waals surface area contributed by atoms with Crippen LogP contribution in [0.5, 0.6) is 0 Å². The zero-order valence-electron chi connectivity index (χ0n) is 19.9. The zero-order chi connectivity index (χ0) is 24.4. The molecular formula is C30H27N3O2. The Hall–Kier alpha value is -4.25. The minimum atomic E-state index is -0.151. The van der Waals surface area contributed by atoms with Crippen molar-refractivity contribution >= 4 is 23.2 Å². The van der Waals surface area contributed by atoms with Gasteiger partial charge in [0.15, 0.2) is 0 Å². The Morgan fingerprint density at radius 2 is 1.71 bits per heavy atom. The van der Waals surface area contributed by atoms with Crippen LogP contribution in [0.15, 0.2) is 85.1 Å². The fourth-order valence-electron chi connectivity index (χ4n) is 4.52. The topological polar surface area (TPSA) is 62.3 Å². The molecule has 0 fully saturated rings. The van der Waals surface area contributed by atoms with Crippen molar-refractivity contribution in [2.45, 2.75) is 26.7 Å². The van der Waals surface area contributed by atoms with Crippen LogP contribution < -0.4 is 10.2 Å². The van der Waals surface area contributed by atoms with Gasteiger partial charge in [-0.05, 0) is 73.4 Å². The van der Waals surface area contributed by atoms with Crippen molar-refractivity contribution in [3.63, 3.8) is 0 Å². The molecule has 5 rings (SSSR count). The lowest BCUT2D eigenvalue weighted by Gasteiger charge is -2.18. The highest BCUT2D eigenvalue weighted by molar-refractivity contribution is 6.09. The number of nitrogens with zero attached hydrogens (tertiary/aromatic N) is 2. The van der Waals surface area contributed by atoms with E-state index in [4.69, 9.17) is 0 Å². The first-order chi connectivity index (χ1) is 17.0. The summed E-state index contributed by atoms with van der Waals surface area (Å²) >= 11 is 0. The Balaban J connectivity index is 1.35. The molecule has 0 saturated carbocycles. The van der Waals surface area contributed by atoms with Crippen LogP contribution in [-0.4, -0.2) is 23.3 Å². The van der Waals surface area contributed by atoms with Crippen LogP contribution in [0.3, 0.4) is 0 Å². The number of amides is 2. The zero-order valence-corrected chi connectivity index (χ0v) is 19.9. The highest BCUT2D eigenvalue weighted by Crippen LogP contribution is 2.32. The number of benzene rings is 3. The van der Waals surface area contributed by atoms with Crippen molar-refractivity contribution in [2.75, 3.05) is 16.8 Å². The summed E-state index contributed by atoms with van der Waals surface area (Å²) in [6.45, 7) is 4.71. The number of anilines is 2. The number of hydrogen-bond acceptors (Lipinski definition) is 3. The number of aromatic nitrogens is 1. The second-order valence-corrected chi connectivity index (χ2v) is 9.01. The molecule has 1 aromatic heterocycles. The van der Waals surface area contributed by atoms with Crippen molar-refractivity contribution in [1.82, 2.24) is 4.98 Å². The van der Waals surface area contributed by atoms with Crippen LogP contribution in [0.1, 0.15) is 32.7 Å². The van der Waals surface area contributed by atoms with Crippen molar-refractivity contribution in [3.05, 3.63) is 113 Å². The highest BCUT2D eigenvalue weighted by Gasteiger charge is 2.25. The van der Waals surface area contributed by atoms with Crippen molar-refractivity contribution in [3.8, 4) is 11.1 Å². The van der Waals surface area contributed by atoms with E-state index in [-0.39, 0.29) is 18.2 Å². The van der Waals surface area contributed by atoms with E-state index < -0.39 is 0 Å². The van der Waals surface area contributed by atoms with E-state index in [0.29, 0.717) is 12.1 Å². The van der Waals surface area contributed by atoms with Gasteiger partial charge in [0.05, 0.1) is 6.42 Å². The van der Waals surface area contributed by atoms with E-state index in [9.17, 15) is 9.59 Å². The lowest BCUT2D eigenvalue weighted by molar-refractivity contribution is -0.117. The number of nitrogens with one attached hydrogen (secondary N) is 1. The third-order valence-corrected chi connectivity index (χ3v) is 6.37. The molecule has 4 aromatic rings. The fourth-order valence-corrected chi connectivity index (χ4v) is 4.52. The van der Waals surface area contributed by atoms with E-state index in [2.05, 4.69) is 29.4 Å². The van der Waals surface area contributed by atoms with Crippen LogP contribution in [0.25, 0.3) is 11.1 Å². The van der Waals surface area contributed by atoms with Crippen LogP contribution in [-0.2, 0) is 17.6 Å². The second kappa shape index (κ2) is 9.55. The van der Waals surface area contributed by atoms with E-state index in [0.717, 1.165) is 45.7 Å². The summed E-state index contributed by atoms with van der Waals surface area (Å²) in [5, 5.41) is 3.06. The third kappa shape index (κ3) is 4.85. The van der Waals surface area contributed by atoms with Crippen molar-refractivity contribution in [1.29, 1.82) is 0 Å². The van der Waals surface area contributed by atoms with Crippen molar-refractivity contribution < 1.29 is 9.59 Å². The first-order valence-corrected chi connectivity index (χ1v) is 11.8. The van der Waals surface area contributed by atoms with Crippen molar-refractivity contribution in [2.24, 2.45) is 0 Å². The van der Waals surface area contributed by atoms with Crippen LogP contribution in [0, 0.1) is 13.8 Å². The lowest BCUT2D eigenvalue weighted by atomic mass is 9.96. The van der Waals surface area contributed by atoms with Gasteiger partial charge in [-0.2, -0.15) is 0 Å². The largest absolute Gasteiger partial charge is 0.322 e. The Bertz CT molecular complexity index is 1400. The number of pyridine rings is 1. The quantitative estimate of drug-likeness (QED) is 0.412. The molecule has 174 valence electrons. The van der Waals surface area contributed by atoms with Gasteiger partial charge in [-0.1, -0.05) is 53.6 Å². The Kier molecular flexibility index (Phi) is 6.15. The average molecular weight is 462 g/mol. The minimum absolute atomic E-state index is 0.0293. The molecule has 1 N–H and O–H groups in total. The first-order valence-electron chi connectivity index (χ1n) is 11.8. The molecule has 0 saturated heterocycles. The molecule has 0 spiro atoms. The molecule has 0 aliphatic carbocycles. The van der Waals surface area contributed by atoms with Gasteiger partial charge in [-0.15, -0.1) is 0 Å². The van der Waals surface area contributed by atoms with Gasteiger partial charge in [0.25, 0.3) is 5.91 Å². The summed E-state index contributed by atoms with van der Waals surface area (Å²) in [5.74, 6) is -0.122. The first kappa shape index (κ1) is 22.5.